The van der Waals surface area contributed by atoms with Gasteiger partial charge in [-0.15, -0.1) is 0 Å². The summed E-state index contributed by atoms with van der Waals surface area (Å²) in [6.45, 7) is 2.08. The van der Waals surface area contributed by atoms with Crippen LogP contribution in [0.3, 0.4) is 0 Å². The van der Waals surface area contributed by atoms with Gasteiger partial charge in [0.2, 0.25) is 5.89 Å². The Bertz CT molecular complexity index is 735. The van der Waals surface area contributed by atoms with Crippen molar-refractivity contribution in [3.05, 3.63) is 81.4 Å². The first-order valence-electron chi connectivity index (χ1n) is 6.80. The van der Waals surface area contributed by atoms with Crippen LogP contribution < -0.4 is 0 Å². The average Bonchev–Trinajstić information content (AvgIpc) is 2.89. The smallest absolute Gasteiger partial charge is 0.231 e. The van der Waals surface area contributed by atoms with Crippen molar-refractivity contribution in [1.82, 2.24) is 10.1 Å². The number of hydrogen-bond donors (Lipinski definition) is 0. The number of nitrogens with zero attached hydrogens (tertiary/aromatic N) is 2. The summed E-state index contributed by atoms with van der Waals surface area (Å²) in [5.41, 5.74) is 3.59. The number of rotatable bonds is 4. The molecule has 3 rings (SSSR count). The monoisotopic (exact) mass is 342 g/mol. The lowest BCUT2D eigenvalue weighted by atomic mass is 10.1. The Morgan fingerprint density at radius 3 is 2.57 bits per heavy atom. The first-order valence-corrected chi connectivity index (χ1v) is 7.60. The zero-order chi connectivity index (χ0) is 14.7. The van der Waals surface area contributed by atoms with Crippen molar-refractivity contribution in [2.24, 2.45) is 0 Å². The zero-order valence-electron chi connectivity index (χ0n) is 11.7. The summed E-state index contributed by atoms with van der Waals surface area (Å²) in [4.78, 5) is 4.46. The van der Waals surface area contributed by atoms with Gasteiger partial charge < -0.3 is 4.52 Å². The Labute approximate surface area is 132 Å². The third-order valence-electron chi connectivity index (χ3n) is 3.22. The van der Waals surface area contributed by atoms with Gasteiger partial charge in [0.25, 0.3) is 0 Å². The molecule has 0 aliphatic carbocycles. The molecule has 0 aliphatic rings. The minimum absolute atomic E-state index is 0.660. The van der Waals surface area contributed by atoms with Crippen molar-refractivity contribution >= 4 is 15.9 Å². The van der Waals surface area contributed by atoms with Crippen molar-refractivity contribution in [2.45, 2.75) is 19.8 Å². The minimum atomic E-state index is 0.660. The first-order chi connectivity index (χ1) is 10.2. The minimum Gasteiger partial charge on any atom is -0.339 e. The first kappa shape index (κ1) is 14.0. The Morgan fingerprint density at radius 1 is 1.00 bits per heavy atom. The van der Waals surface area contributed by atoms with Crippen LogP contribution in [-0.4, -0.2) is 10.1 Å². The third-order valence-corrected chi connectivity index (χ3v) is 3.75. The normalized spacial score (nSPS) is 10.8. The zero-order valence-corrected chi connectivity index (χ0v) is 13.3. The summed E-state index contributed by atoms with van der Waals surface area (Å²) in [6.07, 6.45) is 1.36. The molecule has 1 heterocycles. The van der Waals surface area contributed by atoms with Gasteiger partial charge in [0.15, 0.2) is 5.82 Å². The van der Waals surface area contributed by atoms with Gasteiger partial charge >= 0.3 is 0 Å². The summed E-state index contributed by atoms with van der Waals surface area (Å²) in [6, 6.07) is 16.5. The van der Waals surface area contributed by atoms with Crippen LogP contribution in [0.4, 0.5) is 0 Å². The van der Waals surface area contributed by atoms with Gasteiger partial charge in [-0.05, 0) is 30.2 Å². The van der Waals surface area contributed by atoms with Crippen molar-refractivity contribution in [3.8, 4) is 0 Å². The van der Waals surface area contributed by atoms with E-state index < -0.39 is 0 Å². The highest BCUT2D eigenvalue weighted by Gasteiger charge is 2.08. The molecule has 21 heavy (non-hydrogen) atoms. The SMILES string of the molecule is Cc1cccc(Cc2nc(Cc3ccc(Br)cc3)no2)c1. The summed E-state index contributed by atoms with van der Waals surface area (Å²) in [7, 11) is 0. The van der Waals surface area contributed by atoms with E-state index in [1.54, 1.807) is 0 Å². The molecule has 3 aromatic rings. The fourth-order valence-corrected chi connectivity index (χ4v) is 2.48. The van der Waals surface area contributed by atoms with Gasteiger partial charge in [-0.2, -0.15) is 4.98 Å². The standard InChI is InChI=1S/C17H15BrN2O/c1-12-3-2-4-14(9-12)11-17-19-16(20-21-17)10-13-5-7-15(18)8-6-13/h2-9H,10-11H2,1H3. The summed E-state index contributed by atoms with van der Waals surface area (Å²) < 4.78 is 6.40. The van der Waals surface area contributed by atoms with Crippen LogP contribution in [0.1, 0.15) is 28.4 Å². The predicted molar refractivity (Wildman–Crippen MR) is 85.2 cm³/mol. The van der Waals surface area contributed by atoms with E-state index in [4.69, 9.17) is 4.52 Å². The maximum Gasteiger partial charge on any atom is 0.231 e. The average molecular weight is 343 g/mol. The van der Waals surface area contributed by atoms with E-state index in [1.807, 2.05) is 18.2 Å². The quantitative estimate of drug-likeness (QED) is 0.708. The second-order valence-corrected chi connectivity index (χ2v) is 5.99. The topological polar surface area (TPSA) is 38.9 Å². The lowest BCUT2D eigenvalue weighted by Gasteiger charge is -1.98. The Hall–Kier alpha value is -1.94. The molecule has 0 aliphatic heterocycles. The van der Waals surface area contributed by atoms with Crippen LogP contribution in [0.15, 0.2) is 57.5 Å². The van der Waals surface area contributed by atoms with E-state index in [0.717, 1.165) is 10.3 Å². The van der Waals surface area contributed by atoms with Crippen molar-refractivity contribution in [2.75, 3.05) is 0 Å². The summed E-state index contributed by atoms with van der Waals surface area (Å²) in [5.74, 6) is 1.38. The Kier molecular flexibility index (Phi) is 4.15. The van der Waals surface area contributed by atoms with E-state index in [0.29, 0.717) is 18.7 Å². The molecular formula is C17H15BrN2O. The van der Waals surface area contributed by atoms with Gasteiger partial charge in [-0.1, -0.05) is 63.0 Å². The molecule has 3 nitrogen and oxygen atoms in total. The number of hydrogen-bond acceptors (Lipinski definition) is 3. The van der Waals surface area contributed by atoms with Gasteiger partial charge in [0, 0.05) is 10.9 Å². The molecule has 2 aromatic carbocycles. The van der Waals surface area contributed by atoms with E-state index in [2.05, 4.69) is 63.3 Å². The van der Waals surface area contributed by atoms with Crippen LogP contribution in [0.2, 0.25) is 0 Å². The number of aryl methyl sites for hydroxylation is 1. The lowest BCUT2D eigenvalue weighted by molar-refractivity contribution is 0.380. The maximum atomic E-state index is 5.33. The number of benzene rings is 2. The van der Waals surface area contributed by atoms with Crippen LogP contribution in [0.25, 0.3) is 0 Å². The molecule has 106 valence electrons. The van der Waals surface area contributed by atoms with Gasteiger partial charge in [-0.3, -0.25) is 0 Å². The fraction of sp³-hybridized carbons (Fsp3) is 0.176. The fourth-order valence-electron chi connectivity index (χ4n) is 2.22. The number of halogens is 1. The highest BCUT2D eigenvalue weighted by atomic mass is 79.9. The van der Waals surface area contributed by atoms with Crippen molar-refractivity contribution in [3.63, 3.8) is 0 Å². The highest BCUT2D eigenvalue weighted by molar-refractivity contribution is 9.10. The molecule has 0 spiro atoms. The maximum absolute atomic E-state index is 5.33. The molecule has 0 bridgehead atoms. The Morgan fingerprint density at radius 2 is 1.81 bits per heavy atom. The molecule has 1 aromatic heterocycles. The molecule has 0 saturated carbocycles. The van der Waals surface area contributed by atoms with Crippen molar-refractivity contribution < 1.29 is 4.52 Å². The van der Waals surface area contributed by atoms with E-state index in [-0.39, 0.29) is 0 Å². The van der Waals surface area contributed by atoms with Crippen molar-refractivity contribution in [1.29, 1.82) is 0 Å². The van der Waals surface area contributed by atoms with Crippen LogP contribution in [-0.2, 0) is 12.8 Å². The summed E-state index contributed by atoms with van der Waals surface area (Å²) in [5, 5.41) is 4.05. The highest BCUT2D eigenvalue weighted by Crippen LogP contribution is 2.14. The van der Waals surface area contributed by atoms with Crippen LogP contribution >= 0.6 is 15.9 Å². The molecule has 0 fully saturated rings. The molecule has 0 amide bonds. The third kappa shape index (κ3) is 3.79. The molecule has 0 radical (unpaired) electrons. The molecular weight excluding hydrogens is 328 g/mol. The summed E-state index contributed by atoms with van der Waals surface area (Å²) >= 11 is 3.43. The van der Waals surface area contributed by atoms with Crippen LogP contribution in [0.5, 0.6) is 0 Å². The van der Waals surface area contributed by atoms with Gasteiger partial charge in [0.1, 0.15) is 0 Å². The van der Waals surface area contributed by atoms with Gasteiger partial charge in [0.05, 0.1) is 6.42 Å². The Balaban J connectivity index is 1.70. The largest absolute Gasteiger partial charge is 0.339 e. The molecule has 0 saturated heterocycles. The van der Waals surface area contributed by atoms with Crippen LogP contribution in [0, 0.1) is 6.92 Å². The second-order valence-electron chi connectivity index (χ2n) is 5.07. The van der Waals surface area contributed by atoms with E-state index in [9.17, 15) is 0 Å². The molecule has 4 heteroatoms. The number of aromatic nitrogens is 2. The molecule has 0 N–H and O–H groups in total. The van der Waals surface area contributed by atoms with Gasteiger partial charge in [-0.25, -0.2) is 0 Å². The lowest BCUT2D eigenvalue weighted by Crippen LogP contribution is -1.92. The second kappa shape index (κ2) is 6.22. The molecule has 0 atom stereocenters. The molecule has 0 unspecified atom stereocenters. The van der Waals surface area contributed by atoms with E-state index >= 15 is 0 Å². The van der Waals surface area contributed by atoms with E-state index in [1.165, 1.54) is 16.7 Å². The predicted octanol–water partition coefficient (Wildman–Crippen LogP) is 4.32.